The first kappa shape index (κ1) is 20.4. The molecule has 0 aliphatic heterocycles. The summed E-state index contributed by atoms with van der Waals surface area (Å²) < 4.78 is 11.0. The van der Waals surface area contributed by atoms with Crippen molar-refractivity contribution in [3.8, 4) is 17.2 Å². The predicted molar refractivity (Wildman–Crippen MR) is 117 cm³/mol. The Morgan fingerprint density at radius 1 is 1.19 bits per heavy atom. The Hall–Kier alpha value is -3.91. The molecule has 31 heavy (non-hydrogen) atoms. The van der Waals surface area contributed by atoms with Gasteiger partial charge in [-0.05, 0) is 49.4 Å². The summed E-state index contributed by atoms with van der Waals surface area (Å²) in [5, 5.41) is 14.4. The molecule has 0 aliphatic rings. The van der Waals surface area contributed by atoms with Gasteiger partial charge >= 0.3 is 5.69 Å². The number of nitrogens with zero attached hydrogens (tertiary/aromatic N) is 2. The van der Waals surface area contributed by atoms with E-state index in [2.05, 4.69) is 10.3 Å². The number of nitro groups is 1. The van der Waals surface area contributed by atoms with Crippen molar-refractivity contribution in [2.45, 2.75) is 6.92 Å². The molecule has 0 aliphatic carbocycles. The van der Waals surface area contributed by atoms with Gasteiger partial charge < -0.3 is 14.5 Å². The van der Waals surface area contributed by atoms with Gasteiger partial charge in [-0.25, -0.2) is 4.98 Å². The fraction of sp³-hybridized carbons (Fsp3) is 0.0909. The second-order valence-corrected chi connectivity index (χ2v) is 6.92. The summed E-state index contributed by atoms with van der Waals surface area (Å²) in [5.41, 5.74) is 2.08. The third kappa shape index (κ3) is 4.19. The van der Waals surface area contributed by atoms with E-state index in [-0.39, 0.29) is 23.6 Å². The van der Waals surface area contributed by atoms with Crippen LogP contribution in [-0.4, -0.2) is 22.4 Å². The zero-order chi connectivity index (χ0) is 22.0. The van der Waals surface area contributed by atoms with Gasteiger partial charge in [0, 0.05) is 17.3 Å². The minimum absolute atomic E-state index is 0.105. The lowest BCUT2D eigenvalue weighted by molar-refractivity contribution is -0.385. The number of para-hydroxylation sites is 2. The third-order valence-corrected chi connectivity index (χ3v) is 4.80. The molecule has 8 nitrogen and oxygen atoms in total. The van der Waals surface area contributed by atoms with E-state index in [9.17, 15) is 14.9 Å². The molecule has 1 aromatic heterocycles. The topological polar surface area (TPSA) is 108 Å². The first-order valence-corrected chi connectivity index (χ1v) is 9.72. The van der Waals surface area contributed by atoms with Gasteiger partial charge in [0.05, 0.1) is 22.1 Å². The molecule has 1 N–H and O–H groups in total. The molecule has 1 heterocycles. The van der Waals surface area contributed by atoms with Crippen LogP contribution in [0, 0.1) is 10.1 Å². The standard InChI is InChI=1S/C22H16ClN3O5/c1-2-30-20-10-7-13(11-18(20)26(28)29)21(27)24-14-8-9-16(23)15(12-14)22-25-17-5-3-4-6-19(17)31-22/h3-12H,2H2,1H3,(H,24,27). The molecule has 0 saturated carbocycles. The Labute approximate surface area is 181 Å². The lowest BCUT2D eigenvalue weighted by atomic mass is 10.1. The molecule has 0 spiro atoms. The van der Waals surface area contributed by atoms with Crippen LogP contribution in [0.2, 0.25) is 5.02 Å². The highest BCUT2D eigenvalue weighted by Gasteiger charge is 2.19. The first-order valence-electron chi connectivity index (χ1n) is 9.34. The van der Waals surface area contributed by atoms with E-state index in [1.165, 1.54) is 18.2 Å². The Bertz CT molecular complexity index is 1270. The average Bonchev–Trinajstić information content (AvgIpc) is 3.19. The molecule has 156 valence electrons. The van der Waals surface area contributed by atoms with Gasteiger partial charge in [0.25, 0.3) is 5.91 Å². The number of aromatic nitrogens is 1. The van der Waals surface area contributed by atoms with Crippen molar-refractivity contribution < 1.29 is 18.9 Å². The predicted octanol–water partition coefficient (Wildman–Crippen LogP) is 5.71. The Kier molecular flexibility index (Phi) is 5.55. The quantitative estimate of drug-likeness (QED) is 0.306. The number of anilines is 1. The van der Waals surface area contributed by atoms with Crippen molar-refractivity contribution in [1.29, 1.82) is 0 Å². The maximum absolute atomic E-state index is 12.7. The van der Waals surface area contributed by atoms with E-state index in [4.69, 9.17) is 20.8 Å². The Morgan fingerprint density at radius 2 is 2.00 bits per heavy atom. The fourth-order valence-corrected chi connectivity index (χ4v) is 3.23. The summed E-state index contributed by atoms with van der Waals surface area (Å²) in [6, 6.07) is 16.2. The SMILES string of the molecule is CCOc1ccc(C(=O)Nc2ccc(Cl)c(-c3nc4ccccc4o3)c2)cc1[N+](=O)[O-]. The van der Waals surface area contributed by atoms with Crippen LogP contribution in [0.25, 0.3) is 22.6 Å². The van der Waals surface area contributed by atoms with Gasteiger partial charge in [-0.15, -0.1) is 0 Å². The van der Waals surface area contributed by atoms with Gasteiger partial charge in [0.2, 0.25) is 5.89 Å². The number of halogens is 1. The summed E-state index contributed by atoms with van der Waals surface area (Å²) >= 11 is 6.31. The van der Waals surface area contributed by atoms with E-state index in [0.717, 1.165) is 0 Å². The van der Waals surface area contributed by atoms with Crippen LogP contribution in [0.4, 0.5) is 11.4 Å². The number of amides is 1. The summed E-state index contributed by atoms with van der Waals surface area (Å²) in [7, 11) is 0. The van der Waals surface area contributed by atoms with Crippen molar-refractivity contribution in [3.63, 3.8) is 0 Å². The first-order chi connectivity index (χ1) is 15.0. The van der Waals surface area contributed by atoms with E-state index in [0.29, 0.717) is 33.3 Å². The molecule has 0 bridgehead atoms. The summed E-state index contributed by atoms with van der Waals surface area (Å²) in [4.78, 5) is 27.8. The third-order valence-electron chi connectivity index (χ3n) is 4.47. The normalized spacial score (nSPS) is 10.8. The van der Waals surface area contributed by atoms with E-state index in [1.54, 1.807) is 31.2 Å². The summed E-state index contributed by atoms with van der Waals surface area (Å²) in [6.45, 7) is 2.00. The molecule has 0 unspecified atom stereocenters. The van der Waals surface area contributed by atoms with Crippen molar-refractivity contribution in [1.82, 2.24) is 4.98 Å². The van der Waals surface area contributed by atoms with E-state index >= 15 is 0 Å². The number of benzene rings is 3. The van der Waals surface area contributed by atoms with Crippen LogP contribution in [0.5, 0.6) is 5.75 Å². The smallest absolute Gasteiger partial charge is 0.311 e. The van der Waals surface area contributed by atoms with Gasteiger partial charge in [-0.2, -0.15) is 0 Å². The zero-order valence-electron chi connectivity index (χ0n) is 16.3. The Morgan fingerprint density at radius 3 is 2.74 bits per heavy atom. The van der Waals surface area contributed by atoms with Gasteiger partial charge in [-0.1, -0.05) is 23.7 Å². The van der Waals surface area contributed by atoms with Crippen molar-refractivity contribution in [3.05, 3.63) is 81.4 Å². The number of ether oxygens (including phenoxy) is 1. The molecular weight excluding hydrogens is 422 g/mol. The number of hydrogen-bond acceptors (Lipinski definition) is 6. The zero-order valence-corrected chi connectivity index (χ0v) is 17.1. The fourth-order valence-electron chi connectivity index (χ4n) is 3.04. The Balaban J connectivity index is 1.62. The molecule has 1 amide bonds. The van der Waals surface area contributed by atoms with Crippen LogP contribution in [0.1, 0.15) is 17.3 Å². The molecule has 3 aromatic carbocycles. The van der Waals surface area contributed by atoms with Crippen LogP contribution in [0.3, 0.4) is 0 Å². The number of rotatable bonds is 6. The van der Waals surface area contributed by atoms with Crippen molar-refractivity contribution in [2.75, 3.05) is 11.9 Å². The second-order valence-electron chi connectivity index (χ2n) is 6.51. The number of carbonyl (C=O) groups excluding carboxylic acids is 1. The number of fused-ring (bicyclic) bond motifs is 1. The average molecular weight is 438 g/mol. The van der Waals surface area contributed by atoms with Crippen LogP contribution in [0.15, 0.2) is 65.1 Å². The van der Waals surface area contributed by atoms with Crippen molar-refractivity contribution in [2.24, 2.45) is 0 Å². The highest BCUT2D eigenvalue weighted by molar-refractivity contribution is 6.33. The molecule has 0 saturated heterocycles. The number of nitrogens with one attached hydrogen (secondary N) is 1. The number of oxazole rings is 1. The molecule has 0 radical (unpaired) electrons. The number of carbonyl (C=O) groups is 1. The van der Waals surface area contributed by atoms with Crippen molar-refractivity contribution >= 4 is 40.0 Å². The summed E-state index contributed by atoms with van der Waals surface area (Å²) in [5.74, 6) is -0.0928. The van der Waals surface area contributed by atoms with Gasteiger partial charge in [0.1, 0.15) is 5.52 Å². The summed E-state index contributed by atoms with van der Waals surface area (Å²) in [6.07, 6.45) is 0. The maximum Gasteiger partial charge on any atom is 0.311 e. The molecule has 4 rings (SSSR count). The lowest BCUT2D eigenvalue weighted by Crippen LogP contribution is -2.12. The second kappa shape index (κ2) is 8.45. The lowest BCUT2D eigenvalue weighted by Gasteiger charge is -2.09. The molecular formula is C22H16ClN3O5. The monoisotopic (exact) mass is 437 g/mol. The minimum Gasteiger partial charge on any atom is -0.487 e. The highest BCUT2D eigenvalue weighted by atomic mass is 35.5. The number of hydrogen-bond donors (Lipinski definition) is 1. The van der Waals surface area contributed by atoms with Crippen LogP contribution in [-0.2, 0) is 0 Å². The van der Waals surface area contributed by atoms with E-state index in [1.807, 2.05) is 18.2 Å². The highest BCUT2D eigenvalue weighted by Crippen LogP contribution is 2.33. The minimum atomic E-state index is -0.588. The largest absolute Gasteiger partial charge is 0.487 e. The molecule has 0 fully saturated rings. The van der Waals surface area contributed by atoms with Gasteiger partial charge in [-0.3, -0.25) is 14.9 Å². The van der Waals surface area contributed by atoms with Crippen LogP contribution < -0.4 is 10.1 Å². The molecule has 9 heteroatoms. The number of nitro benzene ring substituents is 1. The maximum atomic E-state index is 12.7. The van der Waals surface area contributed by atoms with Gasteiger partial charge in [0.15, 0.2) is 11.3 Å². The van der Waals surface area contributed by atoms with E-state index < -0.39 is 10.8 Å². The molecule has 0 atom stereocenters. The van der Waals surface area contributed by atoms with Crippen LogP contribution >= 0.6 is 11.6 Å². The molecule has 4 aromatic rings.